The Morgan fingerprint density at radius 2 is 2.00 bits per heavy atom. The van der Waals surface area contributed by atoms with Gasteiger partial charge >= 0.3 is 0 Å². The Morgan fingerprint density at radius 3 is 2.71 bits per heavy atom. The van der Waals surface area contributed by atoms with Gasteiger partial charge in [0.2, 0.25) is 0 Å². The molecule has 21 heavy (non-hydrogen) atoms. The van der Waals surface area contributed by atoms with Gasteiger partial charge in [0.05, 0.1) is 5.69 Å². The minimum absolute atomic E-state index is 0.00754. The third-order valence-electron chi connectivity index (χ3n) is 3.46. The summed E-state index contributed by atoms with van der Waals surface area (Å²) in [5.41, 5.74) is 3.29. The highest BCUT2D eigenvalue weighted by atomic mass is 16.2. The van der Waals surface area contributed by atoms with Crippen LogP contribution < -0.4 is 4.90 Å². The van der Waals surface area contributed by atoms with Gasteiger partial charge in [-0.05, 0) is 38.1 Å². The Kier molecular flexibility index (Phi) is 3.44. The normalized spacial score (nSPS) is 10.8. The molecule has 4 nitrogen and oxygen atoms in total. The monoisotopic (exact) mass is 279 g/mol. The molecule has 0 unspecified atom stereocenters. The first-order valence-electron chi connectivity index (χ1n) is 7.01. The molecule has 3 aromatic rings. The third-order valence-corrected chi connectivity index (χ3v) is 3.46. The van der Waals surface area contributed by atoms with Crippen LogP contribution in [0.25, 0.3) is 5.65 Å². The maximum atomic E-state index is 12.7. The molecule has 0 radical (unpaired) electrons. The quantitative estimate of drug-likeness (QED) is 0.737. The standard InChI is InChI=1S/C17H17N3O/c1-3-20(15-7-5-4-6-8-15)17(21)14-9-10-19-12-13(2)18-16(19)11-14/h4-12H,3H2,1-2H3. The fourth-order valence-electron chi connectivity index (χ4n) is 2.45. The number of aromatic nitrogens is 2. The molecule has 106 valence electrons. The molecule has 0 bridgehead atoms. The average molecular weight is 279 g/mol. The molecule has 1 amide bonds. The van der Waals surface area contributed by atoms with Gasteiger partial charge in [-0.25, -0.2) is 4.98 Å². The predicted octanol–water partition coefficient (Wildman–Crippen LogP) is 3.31. The molecule has 3 rings (SSSR count). The lowest BCUT2D eigenvalue weighted by molar-refractivity contribution is 0.0988. The first kappa shape index (κ1) is 13.4. The molecule has 4 heteroatoms. The van der Waals surface area contributed by atoms with E-state index in [4.69, 9.17) is 0 Å². The highest BCUT2D eigenvalue weighted by Gasteiger charge is 2.16. The zero-order chi connectivity index (χ0) is 14.8. The van der Waals surface area contributed by atoms with Crippen LogP contribution >= 0.6 is 0 Å². The molecular weight excluding hydrogens is 262 g/mol. The number of para-hydroxylation sites is 1. The van der Waals surface area contributed by atoms with Crippen LogP contribution in [0, 0.1) is 6.92 Å². The zero-order valence-electron chi connectivity index (χ0n) is 12.2. The van der Waals surface area contributed by atoms with Crippen molar-refractivity contribution in [3.8, 4) is 0 Å². The molecule has 0 aliphatic carbocycles. The largest absolute Gasteiger partial charge is 0.309 e. The summed E-state index contributed by atoms with van der Waals surface area (Å²) in [6.07, 6.45) is 3.82. The van der Waals surface area contributed by atoms with Gasteiger partial charge in [-0.2, -0.15) is 0 Å². The van der Waals surface area contributed by atoms with Crippen LogP contribution in [0.2, 0.25) is 0 Å². The van der Waals surface area contributed by atoms with E-state index in [9.17, 15) is 4.79 Å². The van der Waals surface area contributed by atoms with Gasteiger partial charge in [-0.1, -0.05) is 18.2 Å². The van der Waals surface area contributed by atoms with Gasteiger partial charge in [0, 0.05) is 30.2 Å². The minimum atomic E-state index is -0.00754. The van der Waals surface area contributed by atoms with E-state index in [2.05, 4.69) is 4.98 Å². The summed E-state index contributed by atoms with van der Waals surface area (Å²) >= 11 is 0. The minimum Gasteiger partial charge on any atom is -0.309 e. The molecule has 0 fully saturated rings. The average Bonchev–Trinajstić information content (AvgIpc) is 2.88. The number of rotatable bonds is 3. The molecule has 0 N–H and O–H groups in total. The molecule has 0 saturated carbocycles. The lowest BCUT2D eigenvalue weighted by atomic mass is 10.2. The molecule has 0 spiro atoms. The van der Waals surface area contributed by atoms with E-state index >= 15 is 0 Å². The molecule has 0 atom stereocenters. The van der Waals surface area contributed by atoms with E-state index < -0.39 is 0 Å². The highest BCUT2D eigenvalue weighted by Crippen LogP contribution is 2.17. The first-order valence-corrected chi connectivity index (χ1v) is 7.01. The number of imidazole rings is 1. The highest BCUT2D eigenvalue weighted by molar-refractivity contribution is 6.06. The number of anilines is 1. The Labute approximate surface area is 123 Å². The summed E-state index contributed by atoms with van der Waals surface area (Å²) in [5, 5.41) is 0. The van der Waals surface area contributed by atoms with Crippen LogP contribution in [0.3, 0.4) is 0 Å². The third kappa shape index (κ3) is 2.52. The van der Waals surface area contributed by atoms with Crippen molar-refractivity contribution in [3.63, 3.8) is 0 Å². The van der Waals surface area contributed by atoms with Gasteiger partial charge in [-0.3, -0.25) is 4.79 Å². The summed E-state index contributed by atoms with van der Waals surface area (Å²) in [6.45, 7) is 4.54. The van der Waals surface area contributed by atoms with Crippen LogP contribution in [0.1, 0.15) is 23.0 Å². The fraction of sp³-hybridized carbons (Fsp3) is 0.176. The number of carbonyl (C=O) groups is 1. The van der Waals surface area contributed by atoms with Crippen LogP contribution in [-0.2, 0) is 0 Å². The number of fused-ring (bicyclic) bond motifs is 1. The number of aryl methyl sites for hydroxylation is 1. The van der Waals surface area contributed by atoms with E-state index in [1.807, 2.05) is 73.1 Å². The Balaban J connectivity index is 1.98. The Bertz CT molecular complexity index is 777. The zero-order valence-corrected chi connectivity index (χ0v) is 12.2. The Hall–Kier alpha value is -2.62. The predicted molar refractivity (Wildman–Crippen MR) is 83.7 cm³/mol. The number of pyridine rings is 1. The lowest BCUT2D eigenvalue weighted by Crippen LogP contribution is -2.30. The molecule has 2 aromatic heterocycles. The van der Waals surface area contributed by atoms with Crippen molar-refractivity contribution in [2.24, 2.45) is 0 Å². The number of hydrogen-bond acceptors (Lipinski definition) is 2. The molecule has 0 saturated heterocycles. The van der Waals surface area contributed by atoms with Gasteiger partial charge < -0.3 is 9.30 Å². The van der Waals surface area contributed by atoms with Gasteiger partial charge in [-0.15, -0.1) is 0 Å². The van der Waals surface area contributed by atoms with Crippen molar-refractivity contribution < 1.29 is 4.79 Å². The van der Waals surface area contributed by atoms with Gasteiger partial charge in [0.25, 0.3) is 5.91 Å². The number of nitrogens with zero attached hydrogens (tertiary/aromatic N) is 3. The second-order valence-corrected chi connectivity index (χ2v) is 4.95. The van der Waals surface area contributed by atoms with E-state index in [0.29, 0.717) is 12.1 Å². The smallest absolute Gasteiger partial charge is 0.258 e. The van der Waals surface area contributed by atoms with Gasteiger partial charge in [0.1, 0.15) is 5.65 Å². The number of amides is 1. The first-order chi connectivity index (χ1) is 10.2. The molecule has 0 aliphatic heterocycles. The van der Waals surface area contributed by atoms with Crippen LogP contribution in [0.15, 0.2) is 54.9 Å². The summed E-state index contributed by atoms with van der Waals surface area (Å²) in [6, 6.07) is 13.4. The summed E-state index contributed by atoms with van der Waals surface area (Å²) in [7, 11) is 0. The molecule has 2 heterocycles. The molecule has 1 aromatic carbocycles. The van der Waals surface area contributed by atoms with Crippen molar-refractivity contribution in [1.82, 2.24) is 9.38 Å². The van der Waals surface area contributed by atoms with E-state index in [1.165, 1.54) is 0 Å². The Morgan fingerprint density at radius 1 is 1.24 bits per heavy atom. The van der Waals surface area contributed by atoms with Crippen molar-refractivity contribution >= 4 is 17.2 Å². The maximum absolute atomic E-state index is 12.7. The summed E-state index contributed by atoms with van der Waals surface area (Å²) < 4.78 is 1.92. The maximum Gasteiger partial charge on any atom is 0.258 e. The van der Waals surface area contributed by atoms with E-state index in [0.717, 1.165) is 17.0 Å². The van der Waals surface area contributed by atoms with Crippen LogP contribution in [-0.4, -0.2) is 21.8 Å². The number of carbonyl (C=O) groups excluding carboxylic acids is 1. The van der Waals surface area contributed by atoms with E-state index in [1.54, 1.807) is 4.90 Å². The summed E-state index contributed by atoms with van der Waals surface area (Å²) in [5.74, 6) is -0.00754. The second-order valence-electron chi connectivity index (χ2n) is 4.95. The van der Waals surface area contributed by atoms with Crippen molar-refractivity contribution in [2.75, 3.05) is 11.4 Å². The SMILES string of the molecule is CCN(C(=O)c1ccn2cc(C)nc2c1)c1ccccc1. The number of hydrogen-bond donors (Lipinski definition) is 0. The summed E-state index contributed by atoms with van der Waals surface area (Å²) in [4.78, 5) is 18.9. The fourth-order valence-corrected chi connectivity index (χ4v) is 2.45. The second kappa shape index (κ2) is 5.40. The van der Waals surface area contributed by atoms with Crippen molar-refractivity contribution in [3.05, 3.63) is 66.1 Å². The lowest BCUT2D eigenvalue weighted by Gasteiger charge is -2.21. The number of benzene rings is 1. The topological polar surface area (TPSA) is 37.6 Å². The molecular formula is C17H17N3O. The van der Waals surface area contributed by atoms with Crippen LogP contribution in [0.4, 0.5) is 5.69 Å². The van der Waals surface area contributed by atoms with E-state index in [-0.39, 0.29) is 5.91 Å². The van der Waals surface area contributed by atoms with Crippen LogP contribution in [0.5, 0.6) is 0 Å². The van der Waals surface area contributed by atoms with Crippen molar-refractivity contribution in [1.29, 1.82) is 0 Å². The van der Waals surface area contributed by atoms with Crippen molar-refractivity contribution in [2.45, 2.75) is 13.8 Å². The molecule has 0 aliphatic rings. The van der Waals surface area contributed by atoms with Gasteiger partial charge in [0.15, 0.2) is 0 Å².